The highest BCUT2D eigenvalue weighted by Crippen LogP contribution is 2.13. The lowest BCUT2D eigenvalue weighted by atomic mass is 10.1. The maximum atomic E-state index is 11.7. The van der Waals surface area contributed by atoms with Crippen LogP contribution in [0, 0.1) is 0 Å². The number of oxime groups is 1. The molecule has 0 unspecified atom stereocenters. The second-order valence-electron chi connectivity index (χ2n) is 4.71. The van der Waals surface area contributed by atoms with E-state index in [-0.39, 0.29) is 18.3 Å². The quantitative estimate of drug-likeness (QED) is 0.476. The van der Waals surface area contributed by atoms with Crippen LogP contribution >= 0.6 is 15.9 Å². The summed E-state index contributed by atoms with van der Waals surface area (Å²) in [6.07, 6.45) is 1.53. The molecule has 23 heavy (non-hydrogen) atoms. The zero-order valence-electron chi connectivity index (χ0n) is 12.5. The van der Waals surface area contributed by atoms with E-state index in [0.29, 0.717) is 11.3 Å². The van der Waals surface area contributed by atoms with E-state index in [1.807, 2.05) is 24.3 Å². The molecule has 0 aliphatic heterocycles. The van der Waals surface area contributed by atoms with Gasteiger partial charge in [0.05, 0.1) is 6.21 Å². The average Bonchev–Trinajstić information content (AvgIpc) is 2.53. The SMILES string of the molecule is CC(=O)c1ccc(NC(=O)CO/N=C\c2ccccc2Br)cc1. The van der Waals surface area contributed by atoms with Crippen LogP contribution in [0.2, 0.25) is 0 Å². The van der Waals surface area contributed by atoms with E-state index in [4.69, 9.17) is 4.84 Å². The van der Waals surface area contributed by atoms with Crippen LogP contribution in [0.25, 0.3) is 0 Å². The number of ketones is 1. The number of anilines is 1. The van der Waals surface area contributed by atoms with Crippen LogP contribution in [0.5, 0.6) is 0 Å². The number of nitrogens with zero attached hydrogens (tertiary/aromatic N) is 1. The lowest BCUT2D eigenvalue weighted by Crippen LogP contribution is -2.17. The lowest BCUT2D eigenvalue weighted by molar-refractivity contribution is -0.120. The number of benzene rings is 2. The normalized spacial score (nSPS) is 10.5. The standard InChI is InChI=1S/C17H15BrN2O3/c1-12(21)13-6-8-15(9-7-13)20-17(22)11-23-19-10-14-4-2-3-5-16(14)18/h2-10H,11H2,1H3,(H,20,22)/b19-10-. The molecule has 0 atom stereocenters. The average molecular weight is 375 g/mol. The number of carbonyl (C=O) groups excluding carboxylic acids is 2. The van der Waals surface area contributed by atoms with Crippen molar-refractivity contribution in [3.05, 3.63) is 64.1 Å². The summed E-state index contributed by atoms with van der Waals surface area (Å²) >= 11 is 3.39. The molecule has 0 saturated heterocycles. The molecule has 1 amide bonds. The van der Waals surface area contributed by atoms with Crippen molar-refractivity contribution >= 4 is 39.5 Å². The second-order valence-corrected chi connectivity index (χ2v) is 5.57. The molecule has 118 valence electrons. The van der Waals surface area contributed by atoms with Crippen molar-refractivity contribution in [3.63, 3.8) is 0 Å². The van der Waals surface area contributed by atoms with Gasteiger partial charge < -0.3 is 10.2 Å². The zero-order valence-corrected chi connectivity index (χ0v) is 14.0. The van der Waals surface area contributed by atoms with Gasteiger partial charge in [0.25, 0.3) is 5.91 Å². The lowest BCUT2D eigenvalue weighted by Gasteiger charge is -2.05. The van der Waals surface area contributed by atoms with Gasteiger partial charge in [0.1, 0.15) is 0 Å². The summed E-state index contributed by atoms with van der Waals surface area (Å²) in [6, 6.07) is 14.2. The molecule has 0 heterocycles. The van der Waals surface area contributed by atoms with E-state index in [1.165, 1.54) is 13.1 Å². The van der Waals surface area contributed by atoms with Crippen LogP contribution in [0.3, 0.4) is 0 Å². The largest absolute Gasteiger partial charge is 0.386 e. The highest BCUT2D eigenvalue weighted by atomic mass is 79.9. The molecule has 6 heteroatoms. The Bertz CT molecular complexity index is 727. The molecule has 2 aromatic carbocycles. The van der Waals surface area contributed by atoms with Crippen molar-refractivity contribution in [3.8, 4) is 0 Å². The number of hydrogen-bond acceptors (Lipinski definition) is 4. The monoisotopic (exact) mass is 374 g/mol. The van der Waals surface area contributed by atoms with E-state index >= 15 is 0 Å². The van der Waals surface area contributed by atoms with E-state index < -0.39 is 0 Å². The van der Waals surface area contributed by atoms with E-state index in [0.717, 1.165) is 10.0 Å². The van der Waals surface area contributed by atoms with Crippen LogP contribution < -0.4 is 5.32 Å². The van der Waals surface area contributed by atoms with Gasteiger partial charge in [0.15, 0.2) is 12.4 Å². The van der Waals surface area contributed by atoms with Crippen molar-refractivity contribution < 1.29 is 14.4 Å². The fourth-order valence-corrected chi connectivity index (χ4v) is 2.14. The van der Waals surface area contributed by atoms with Gasteiger partial charge in [0.2, 0.25) is 0 Å². The number of carbonyl (C=O) groups is 2. The van der Waals surface area contributed by atoms with Crippen molar-refractivity contribution in [2.45, 2.75) is 6.92 Å². The van der Waals surface area contributed by atoms with Crippen LogP contribution in [-0.4, -0.2) is 24.5 Å². The summed E-state index contributed by atoms with van der Waals surface area (Å²) in [4.78, 5) is 27.9. The van der Waals surface area contributed by atoms with Crippen molar-refractivity contribution in [2.75, 3.05) is 11.9 Å². The van der Waals surface area contributed by atoms with Gasteiger partial charge in [-0.1, -0.05) is 39.3 Å². The Morgan fingerprint density at radius 1 is 1.17 bits per heavy atom. The minimum atomic E-state index is -0.329. The number of rotatable bonds is 6. The van der Waals surface area contributed by atoms with Crippen LogP contribution in [-0.2, 0) is 9.63 Å². The molecule has 5 nitrogen and oxygen atoms in total. The Hall–Kier alpha value is -2.47. The molecule has 2 aromatic rings. The number of halogens is 1. The van der Waals surface area contributed by atoms with Crippen molar-refractivity contribution in [1.82, 2.24) is 0 Å². The maximum absolute atomic E-state index is 11.7. The topological polar surface area (TPSA) is 67.8 Å². The first-order valence-electron chi connectivity index (χ1n) is 6.87. The van der Waals surface area contributed by atoms with Crippen LogP contribution in [0.15, 0.2) is 58.2 Å². The van der Waals surface area contributed by atoms with Crippen molar-refractivity contribution in [2.24, 2.45) is 5.16 Å². The number of nitrogens with one attached hydrogen (secondary N) is 1. The summed E-state index contributed by atoms with van der Waals surface area (Å²) in [6.45, 7) is 1.29. The molecular formula is C17H15BrN2O3. The van der Waals surface area contributed by atoms with Gasteiger partial charge in [-0.3, -0.25) is 9.59 Å². The zero-order chi connectivity index (χ0) is 16.7. The molecule has 1 N–H and O–H groups in total. The third kappa shape index (κ3) is 5.34. The smallest absolute Gasteiger partial charge is 0.265 e. The summed E-state index contributed by atoms with van der Waals surface area (Å²) in [7, 11) is 0. The number of amides is 1. The number of hydrogen-bond donors (Lipinski definition) is 1. The maximum Gasteiger partial charge on any atom is 0.265 e. The Morgan fingerprint density at radius 3 is 2.52 bits per heavy atom. The van der Waals surface area contributed by atoms with Gasteiger partial charge in [0, 0.05) is 21.3 Å². The summed E-state index contributed by atoms with van der Waals surface area (Å²) in [5, 5.41) is 6.42. The first-order chi connectivity index (χ1) is 11.1. The van der Waals surface area contributed by atoms with Crippen LogP contribution in [0.1, 0.15) is 22.8 Å². The second kappa shape index (κ2) is 8.24. The third-order valence-electron chi connectivity index (χ3n) is 2.94. The minimum absolute atomic E-state index is 0.0207. The van der Waals surface area contributed by atoms with E-state index in [9.17, 15) is 9.59 Å². The summed E-state index contributed by atoms with van der Waals surface area (Å²) < 4.78 is 0.891. The Balaban J connectivity index is 1.81. The van der Waals surface area contributed by atoms with E-state index in [1.54, 1.807) is 24.3 Å². The van der Waals surface area contributed by atoms with E-state index in [2.05, 4.69) is 26.4 Å². The Morgan fingerprint density at radius 2 is 1.87 bits per heavy atom. The highest BCUT2D eigenvalue weighted by Gasteiger charge is 2.04. The molecule has 0 saturated carbocycles. The molecule has 0 aliphatic carbocycles. The Labute approximate surface area is 142 Å². The van der Waals surface area contributed by atoms with Gasteiger partial charge >= 0.3 is 0 Å². The van der Waals surface area contributed by atoms with Gasteiger partial charge in [-0.25, -0.2) is 0 Å². The first-order valence-corrected chi connectivity index (χ1v) is 7.66. The Kier molecular flexibility index (Phi) is 6.05. The highest BCUT2D eigenvalue weighted by molar-refractivity contribution is 9.10. The van der Waals surface area contributed by atoms with Gasteiger partial charge in [-0.15, -0.1) is 0 Å². The molecule has 0 bridgehead atoms. The molecule has 2 rings (SSSR count). The van der Waals surface area contributed by atoms with Gasteiger partial charge in [-0.05, 0) is 37.3 Å². The van der Waals surface area contributed by atoms with Crippen LogP contribution in [0.4, 0.5) is 5.69 Å². The molecular weight excluding hydrogens is 360 g/mol. The first kappa shape index (κ1) is 16.9. The predicted octanol–water partition coefficient (Wildman–Crippen LogP) is 3.64. The molecule has 0 aliphatic rings. The molecule has 0 radical (unpaired) electrons. The third-order valence-corrected chi connectivity index (χ3v) is 3.66. The van der Waals surface area contributed by atoms with Crippen molar-refractivity contribution in [1.29, 1.82) is 0 Å². The molecule has 0 spiro atoms. The predicted molar refractivity (Wildman–Crippen MR) is 92.8 cm³/mol. The fourth-order valence-electron chi connectivity index (χ4n) is 1.76. The number of Topliss-reactive ketones (excluding diaryl/α,β-unsaturated/α-hetero) is 1. The van der Waals surface area contributed by atoms with Gasteiger partial charge in [-0.2, -0.15) is 0 Å². The summed E-state index contributed by atoms with van der Waals surface area (Å²) in [5.74, 6) is -0.350. The molecule has 0 fully saturated rings. The molecule has 0 aromatic heterocycles. The summed E-state index contributed by atoms with van der Waals surface area (Å²) in [5.41, 5.74) is 2.04. The minimum Gasteiger partial charge on any atom is -0.386 e. The fraction of sp³-hybridized carbons (Fsp3) is 0.118.